The molecule has 1 unspecified atom stereocenters. The Bertz CT molecular complexity index is 1770. The summed E-state index contributed by atoms with van der Waals surface area (Å²) in [6.07, 6.45) is -1.14. The number of hydrogen-bond acceptors (Lipinski definition) is 5. The monoisotopic (exact) mass is 686 g/mol. The molecule has 264 valence electrons. The summed E-state index contributed by atoms with van der Waals surface area (Å²) in [7, 11) is 1.00. The van der Waals surface area contributed by atoms with Crippen molar-refractivity contribution in [2.45, 2.75) is 58.0 Å². The zero-order valence-electron chi connectivity index (χ0n) is 29.1. The van der Waals surface area contributed by atoms with Gasteiger partial charge in [0.1, 0.15) is 12.5 Å². The van der Waals surface area contributed by atoms with Crippen LogP contribution < -0.4 is 5.32 Å². The van der Waals surface area contributed by atoms with Gasteiger partial charge in [-0.05, 0) is 106 Å². The first-order valence-electron chi connectivity index (χ1n) is 16.3. The van der Waals surface area contributed by atoms with Gasteiger partial charge in [-0.1, -0.05) is 76.2 Å². The van der Waals surface area contributed by atoms with Crippen LogP contribution in [0, 0.1) is 0 Å². The number of aliphatic hydroxyl groups excluding tert-OH is 1. The topological polar surface area (TPSA) is 99.0 Å². The van der Waals surface area contributed by atoms with Crippen LogP contribution >= 0.6 is 0 Å². The molecule has 0 bridgehead atoms. The number of carbonyl (C=O) groups is 2. The molecule has 1 heterocycles. The molecule has 5 rings (SSSR count). The molecule has 0 spiro atoms. The number of amides is 1. The third-order valence-electron chi connectivity index (χ3n) is 8.31. The molecular weight excluding hydrogens is 641 g/mol. The molecular formula is C41H45F3N2O4. The van der Waals surface area contributed by atoms with Gasteiger partial charge in [-0.3, -0.25) is 9.79 Å². The minimum absolute atomic E-state index is 0.0150. The van der Waals surface area contributed by atoms with Crippen molar-refractivity contribution in [3.05, 3.63) is 130 Å². The van der Waals surface area contributed by atoms with Gasteiger partial charge in [0.25, 0.3) is 5.91 Å². The molecule has 1 aliphatic rings. The quantitative estimate of drug-likeness (QED) is 0.164. The second kappa shape index (κ2) is 17.6. The number of carbonyl (C=O) groups excluding carboxylic acids is 2. The molecule has 4 aromatic carbocycles. The maximum absolute atomic E-state index is 14.0. The highest BCUT2D eigenvalue weighted by molar-refractivity contribution is 6.08. The van der Waals surface area contributed by atoms with E-state index in [0.717, 1.165) is 36.4 Å². The predicted octanol–water partition coefficient (Wildman–Crippen LogP) is 8.80. The van der Waals surface area contributed by atoms with Crippen LogP contribution in [0.3, 0.4) is 0 Å². The van der Waals surface area contributed by atoms with E-state index in [1.54, 1.807) is 18.2 Å². The molecule has 3 N–H and O–H groups in total. The number of aliphatic hydroxyl groups is 1. The molecule has 1 aliphatic heterocycles. The van der Waals surface area contributed by atoms with Crippen LogP contribution in [0.2, 0.25) is 0 Å². The predicted molar refractivity (Wildman–Crippen MR) is 195 cm³/mol. The summed E-state index contributed by atoms with van der Waals surface area (Å²) in [5, 5.41) is 19.6. The Labute approximate surface area is 292 Å². The standard InChI is InChI=1S/C39H39F3N2O2.CH4O.CH2O/c1-5-18-43-37(46)28-8-6-25(7-9-28)19-35(27-10-14-32(15-11-27)38(2,3)4)36-23-31(24-44-36)30-20-29(21-33(22-30)39(40,41)42)26-12-16-34(45)17-13-26;2*1-2/h6-17,20-23,35,45H,5,18-19,24H2,1-4H3,(H,43,46);2H,1H3;1H2. The summed E-state index contributed by atoms with van der Waals surface area (Å²) in [4.78, 5) is 25.3. The van der Waals surface area contributed by atoms with E-state index < -0.39 is 11.7 Å². The van der Waals surface area contributed by atoms with Crippen molar-refractivity contribution in [3.63, 3.8) is 0 Å². The number of phenolic OH excluding ortho intramolecular Hbond substituents is 1. The van der Waals surface area contributed by atoms with E-state index in [1.165, 1.54) is 23.8 Å². The lowest BCUT2D eigenvalue weighted by Crippen LogP contribution is -2.23. The molecule has 1 atom stereocenters. The van der Waals surface area contributed by atoms with Crippen molar-refractivity contribution < 1.29 is 33.0 Å². The Morgan fingerprint density at radius 3 is 2.00 bits per heavy atom. The Morgan fingerprint density at radius 1 is 0.840 bits per heavy atom. The smallest absolute Gasteiger partial charge is 0.416 e. The number of rotatable bonds is 9. The number of nitrogens with one attached hydrogen (secondary N) is 1. The van der Waals surface area contributed by atoms with Crippen LogP contribution in [0.1, 0.15) is 78.2 Å². The number of allylic oxidation sites excluding steroid dienone is 1. The number of aromatic hydroxyl groups is 1. The summed E-state index contributed by atoms with van der Waals surface area (Å²) in [5.74, 6) is -0.208. The van der Waals surface area contributed by atoms with Crippen LogP contribution in [0.25, 0.3) is 16.7 Å². The molecule has 0 saturated carbocycles. The van der Waals surface area contributed by atoms with Gasteiger partial charge < -0.3 is 20.3 Å². The van der Waals surface area contributed by atoms with E-state index in [9.17, 15) is 23.1 Å². The highest BCUT2D eigenvalue weighted by atomic mass is 19.4. The number of benzene rings is 4. The Balaban J connectivity index is 0.00000163. The zero-order chi connectivity index (χ0) is 37.1. The lowest BCUT2D eigenvalue weighted by molar-refractivity contribution is -0.137. The van der Waals surface area contributed by atoms with Crippen LogP contribution in [0.5, 0.6) is 5.75 Å². The SMILES string of the molecule is C=O.CCCNC(=O)c1ccc(CC(C2=NCC(c3cc(-c4ccc(O)cc4)cc(C(F)(F)F)c3)=C2)c2ccc(C(C)(C)C)cc2)cc1.CO. The molecule has 9 heteroatoms. The van der Waals surface area contributed by atoms with E-state index in [0.29, 0.717) is 40.8 Å². The van der Waals surface area contributed by atoms with Crippen LogP contribution in [0.4, 0.5) is 13.2 Å². The summed E-state index contributed by atoms with van der Waals surface area (Å²) in [5.41, 5.74) is 6.08. The van der Waals surface area contributed by atoms with E-state index in [4.69, 9.17) is 14.9 Å². The van der Waals surface area contributed by atoms with Crippen LogP contribution in [-0.2, 0) is 22.8 Å². The molecule has 50 heavy (non-hydrogen) atoms. The largest absolute Gasteiger partial charge is 0.508 e. The summed E-state index contributed by atoms with van der Waals surface area (Å²) < 4.78 is 42.1. The Hall–Kier alpha value is -5.02. The number of phenols is 1. The minimum Gasteiger partial charge on any atom is -0.508 e. The Morgan fingerprint density at radius 2 is 1.44 bits per heavy atom. The molecule has 0 fully saturated rings. The maximum Gasteiger partial charge on any atom is 0.416 e. The van der Waals surface area contributed by atoms with Crippen molar-refractivity contribution in [2.75, 3.05) is 20.2 Å². The molecule has 4 aromatic rings. The third-order valence-corrected chi connectivity index (χ3v) is 8.31. The van der Waals surface area contributed by atoms with Crippen molar-refractivity contribution in [1.29, 1.82) is 0 Å². The Kier molecular flexibility index (Phi) is 13.9. The zero-order valence-corrected chi connectivity index (χ0v) is 29.1. The van der Waals surface area contributed by atoms with Gasteiger partial charge in [-0.2, -0.15) is 13.2 Å². The summed E-state index contributed by atoms with van der Waals surface area (Å²) in [6, 6.07) is 26.2. The van der Waals surface area contributed by atoms with E-state index in [-0.39, 0.29) is 29.5 Å². The number of alkyl halides is 3. The van der Waals surface area contributed by atoms with Gasteiger partial charge in [-0.25, -0.2) is 0 Å². The van der Waals surface area contributed by atoms with Gasteiger partial charge in [-0.15, -0.1) is 0 Å². The highest BCUT2D eigenvalue weighted by Gasteiger charge is 2.32. The fourth-order valence-corrected chi connectivity index (χ4v) is 5.61. The third kappa shape index (κ3) is 10.2. The lowest BCUT2D eigenvalue weighted by atomic mass is 9.83. The molecule has 0 radical (unpaired) electrons. The first-order valence-corrected chi connectivity index (χ1v) is 16.3. The van der Waals surface area contributed by atoms with Gasteiger partial charge in [0.2, 0.25) is 0 Å². The van der Waals surface area contributed by atoms with E-state index in [1.807, 2.05) is 44.1 Å². The highest BCUT2D eigenvalue weighted by Crippen LogP contribution is 2.37. The number of hydrogen-bond donors (Lipinski definition) is 3. The summed E-state index contributed by atoms with van der Waals surface area (Å²) in [6.45, 7) is 11.4. The average molecular weight is 687 g/mol. The maximum atomic E-state index is 14.0. The number of halogens is 3. The van der Waals surface area contributed by atoms with Gasteiger partial charge in [0, 0.05) is 30.8 Å². The van der Waals surface area contributed by atoms with E-state index in [2.05, 4.69) is 50.4 Å². The number of aliphatic imine (C=N–C) groups is 1. The fourth-order valence-electron chi connectivity index (χ4n) is 5.61. The van der Waals surface area contributed by atoms with Crippen molar-refractivity contribution in [3.8, 4) is 16.9 Å². The second-order valence-electron chi connectivity index (χ2n) is 12.8. The van der Waals surface area contributed by atoms with E-state index >= 15 is 0 Å². The molecule has 0 aliphatic carbocycles. The lowest BCUT2D eigenvalue weighted by Gasteiger charge is -2.22. The number of nitrogens with zero attached hydrogens (tertiary/aromatic N) is 1. The minimum atomic E-state index is -4.53. The molecule has 0 aromatic heterocycles. The molecule has 6 nitrogen and oxygen atoms in total. The van der Waals surface area contributed by atoms with Crippen molar-refractivity contribution in [1.82, 2.24) is 5.32 Å². The summed E-state index contributed by atoms with van der Waals surface area (Å²) >= 11 is 0. The molecule has 1 amide bonds. The molecule has 0 saturated heterocycles. The van der Waals surface area contributed by atoms with Gasteiger partial charge in [0.15, 0.2) is 0 Å². The average Bonchev–Trinajstić information content (AvgIpc) is 3.61. The van der Waals surface area contributed by atoms with Crippen LogP contribution in [0.15, 0.2) is 102 Å². The first-order chi connectivity index (χ1) is 23.8. The van der Waals surface area contributed by atoms with Crippen LogP contribution in [-0.4, -0.2) is 48.8 Å². The van der Waals surface area contributed by atoms with Gasteiger partial charge in [0.05, 0.1) is 12.1 Å². The van der Waals surface area contributed by atoms with Crippen molar-refractivity contribution >= 4 is 24.0 Å². The van der Waals surface area contributed by atoms with Gasteiger partial charge >= 0.3 is 6.18 Å². The second-order valence-corrected chi connectivity index (χ2v) is 12.8. The fraction of sp³-hybridized carbons (Fsp3) is 0.293. The van der Waals surface area contributed by atoms with Crippen molar-refractivity contribution in [2.24, 2.45) is 4.99 Å². The normalized spacial score (nSPS) is 13.1. The first kappa shape index (κ1) is 39.4.